The average molecular weight is 185 g/mol. The van der Waals surface area contributed by atoms with Crippen molar-refractivity contribution in [1.82, 2.24) is 5.32 Å². The van der Waals surface area contributed by atoms with Crippen LogP contribution in [0.4, 0.5) is 4.39 Å². The van der Waals surface area contributed by atoms with Crippen molar-refractivity contribution in [3.8, 4) is 0 Å². The van der Waals surface area contributed by atoms with E-state index in [0.29, 0.717) is 24.4 Å². The van der Waals surface area contributed by atoms with E-state index in [0.717, 1.165) is 0 Å². The molecule has 2 aliphatic rings. The summed E-state index contributed by atoms with van der Waals surface area (Å²) in [5.41, 5.74) is -0.939. The predicted molar refractivity (Wildman–Crippen MR) is 52.4 cm³/mol. The number of hydrogen-bond donors (Lipinski definition) is 1. The molecule has 0 aromatic rings. The Morgan fingerprint density at radius 1 is 1.38 bits per heavy atom. The van der Waals surface area contributed by atoms with Crippen LogP contribution >= 0.6 is 0 Å². The van der Waals surface area contributed by atoms with Gasteiger partial charge in [-0.2, -0.15) is 0 Å². The molecule has 76 valence electrons. The summed E-state index contributed by atoms with van der Waals surface area (Å²) in [6, 6.07) is 0.892. The summed E-state index contributed by atoms with van der Waals surface area (Å²) in [7, 11) is 0. The van der Waals surface area contributed by atoms with Crippen molar-refractivity contribution >= 4 is 0 Å². The molecule has 2 bridgehead atoms. The minimum atomic E-state index is -0.939. The van der Waals surface area contributed by atoms with Crippen LogP contribution in [0.25, 0.3) is 0 Å². The van der Waals surface area contributed by atoms with E-state index in [9.17, 15) is 4.39 Å². The Morgan fingerprint density at radius 2 is 2.08 bits per heavy atom. The highest BCUT2D eigenvalue weighted by Crippen LogP contribution is 2.44. The monoisotopic (exact) mass is 185 g/mol. The summed E-state index contributed by atoms with van der Waals surface area (Å²) in [6.45, 7) is 6.08. The van der Waals surface area contributed by atoms with Gasteiger partial charge in [0.25, 0.3) is 0 Å². The lowest BCUT2D eigenvalue weighted by Crippen LogP contribution is -2.54. The lowest BCUT2D eigenvalue weighted by atomic mass is 9.73. The highest BCUT2D eigenvalue weighted by Gasteiger charge is 2.49. The zero-order valence-corrected chi connectivity index (χ0v) is 8.81. The third-order valence-corrected chi connectivity index (χ3v) is 3.77. The zero-order chi connectivity index (χ0) is 9.64. The molecule has 2 saturated heterocycles. The summed E-state index contributed by atoms with van der Waals surface area (Å²) in [5.74, 6) is 0.665. The van der Waals surface area contributed by atoms with Gasteiger partial charge in [0.15, 0.2) is 0 Å². The second-order valence-electron chi connectivity index (χ2n) is 5.30. The Bertz CT molecular complexity index is 200. The first-order chi connectivity index (χ1) is 6.00. The van der Waals surface area contributed by atoms with Gasteiger partial charge < -0.3 is 5.32 Å². The fourth-order valence-electron chi connectivity index (χ4n) is 3.49. The van der Waals surface area contributed by atoms with Crippen molar-refractivity contribution in [3.63, 3.8) is 0 Å². The summed E-state index contributed by atoms with van der Waals surface area (Å²) >= 11 is 0. The number of alkyl halides is 1. The highest BCUT2D eigenvalue weighted by molar-refractivity contribution is 5.04. The Morgan fingerprint density at radius 3 is 2.69 bits per heavy atom. The molecule has 1 N–H and O–H groups in total. The van der Waals surface area contributed by atoms with Crippen LogP contribution in [0, 0.1) is 11.8 Å². The molecule has 0 saturated carbocycles. The van der Waals surface area contributed by atoms with Crippen LogP contribution in [-0.2, 0) is 0 Å². The van der Waals surface area contributed by atoms with Crippen molar-refractivity contribution < 1.29 is 4.39 Å². The standard InChI is InChI=1S/C11H20FN/c1-7(2)10-9-5-4-8(13-9)6-11(10,3)12/h7-10,13H,4-6H2,1-3H3. The molecule has 1 nitrogen and oxygen atoms in total. The van der Waals surface area contributed by atoms with Crippen molar-refractivity contribution in [2.24, 2.45) is 11.8 Å². The fraction of sp³-hybridized carbons (Fsp3) is 1.00. The van der Waals surface area contributed by atoms with Crippen molar-refractivity contribution in [1.29, 1.82) is 0 Å². The normalized spacial score (nSPS) is 50.1. The Kier molecular flexibility index (Phi) is 2.14. The molecular formula is C11H20FN. The minimum absolute atomic E-state index is 0.214. The Labute approximate surface area is 80.1 Å². The Hall–Kier alpha value is -0.110. The van der Waals surface area contributed by atoms with E-state index in [1.165, 1.54) is 12.8 Å². The molecule has 2 heteroatoms. The first kappa shape index (κ1) is 9.45. The third kappa shape index (κ3) is 1.50. The maximum Gasteiger partial charge on any atom is 0.114 e. The smallest absolute Gasteiger partial charge is 0.114 e. The van der Waals surface area contributed by atoms with Crippen LogP contribution in [0.15, 0.2) is 0 Å². The first-order valence-corrected chi connectivity index (χ1v) is 5.45. The summed E-state index contributed by atoms with van der Waals surface area (Å²) < 4.78 is 14.3. The predicted octanol–water partition coefficient (Wildman–Crippen LogP) is 2.51. The van der Waals surface area contributed by atoms with E-state index >= 15 is 0 Å². The molecule has 0 aliphatic carbocycles. The number of hydrogen-bond acceptors (Lipinski definition) is 1. The van der Waals surface area contributed by atoms with E-state index in [1.807, 2.05) is 0 Å². The molecule has 4 unspecified atom stereocenters. The van der Waals surface area contributed by atoms with Gasteiger partial charge in [-0.25, -0.2) is 4.39 Å². The van der Waals surface area contributed by atoms with Gasteiger partial charge in [-0.15, -0.1) is 0 Å². The maximum atomic E-state index is 14.3. The molecule has 2 rings (SSSR count). The van der Waals surface area contributed by atoms with E-state index in [-0.39, 0.29) is 5.92 Å². The maximum absolute atomic E-state index is 14.3. The molecule has 13 heavy (non-hydrogen) atoms. The van der Waals surface area contributed by atoms with E-state index in [1.54, 1.807) is 6.92 Å². The van der Waals surface area contributed by atoms with Gasteiger partial charge in [0.2, 0.25) is 0 Å². The summed E-state index contributed by atoms with van der Waals surface area (Å²) in [6.07, 6.45) is 3.06. The molecule has 0 amide bonds. The van der Waals surface area contributed by atoms with Gasteiger partial charge in [-0.05, 0) is 32.1 Å². The molecule has 2 heterocycles. The second kappa shape index (κ2) is 2.94. The second-order valence-corrected chi connectivity index (χ2v) is 5.30. The zero-order valence-electron chi connectivity index (χ0n) is 8.81. The SMILES string of the molecule is CC(C)C1C2CCC(CC1(C)F)N2. The van der Waals surface area contributed by atoms with Crippen LogP contribution in [0.2, 0.25) is 0 Å². The lowest BCUT2D eigenvalue weighted by molar-refractivity contribution is 0.0110. The van der Waals surface area contributed by atoms with Crippen LogP contribution in [0.5, 0.6) is 0 Å². The minimum Gasteiger partial charge on any atom is -0.311 e. The van der Waals surface area contributed by atoms with Gasteiger partial charge in [0, 0.05) is 18.0 Å². The number of piperidine rings is 1. The Balaban J connectivity index is 2.21. The van der Waals surface area contributed by atoms with E-state index in [4.69, 9.17) is 0 Å². The molecule has 0 radical (unpaired) electrons. The number of rotatable bonds is 1. The summed E-state index contributed by atoms with van der Waals surface area (Å²) in [4.78, 5) is 0. The third-order valence-electron chi connectivity index (χ3n) is 3.77. The number of nitrogens with one attached hydrogen (secondary N) is 1. The molecule has 0 aromatic carbocycles. The fourth-order valence-corrected chi connectivity index (χ4v) is 3.49. The molecule has 2 fully saturated rings. The summed E-state index contributed by atoms with van der Waals surface area (Å²) in [5, 5.41) is 3.54. The molecule has 0 aromatic heterocycles. The van der Waals surface area contributed by atoms with Crippen molar-refractivity contribution in [2.75, 3.05) is 0 Å². The molecule has 4 atom stereocenters. The lowest BCUT2D eigenvalue weighted by Gasteiger charge is -2.42. The molecular weight excluding hydrogens is 165 g/mol. The van der Waals surface area contributed by atoms with E-state index < -0.39 is 5.67 Å². The number of fused-ring (bicyclic) bond motifs is 2. The van der Waals surface area contributed by atoms with Gasteiger partial charge in [0.1, 0.15) is 5.67 Å². The van der Waals surface area contributed by atoms with Crippen LogP contribution in [0.1, 0.15) is 40.0 Å². The van der Waals surface area contributed by atoms with Gasteiger partial charge in [-0.1, -0.05) is 13.8 Å². The van der Waals surface area contributed by atoms with Gasteiger partial charge in [0.05, 0.1) is 0 Å². The van der Waals surface area contributed by atoms with Crippen LogP contribution in [-0.4, -0.2) is 17.8 Å². The average Bonchev–Trinajstić information content (AvgIpc) is 2.29. The van der Waals surface area contributed by atoms with Crippen LogP contribution in [0.3, 0.4) is 0 Å². The highest BCUT2D eigenvalue weighted by atomic mass is 19.1. The van der Waals surface area contributed by atoms with E-state index in [2.05, 4.69) is 19.2 Å². The topological polar surface area (TPSA) is 12.0 Å². The van der Waals surface area contributed by atoms with Crippen LogP contribution < -0.4 is 5.32 Å². The largest absolute Gasteiger partial charge is 0.311 e. The van der Waals surface area contributed by atoms with Crippen molar-refractivity contribution in [2.45, 2.75) is 57.8 Å². The van der Waals surface area contributed by atoms with Crippen molar-refractivity contribution in [3.05, 3.63) is 0 Å². The molecule has 2 aliphatic heterocycles. The number of halogens is 1. The van der Waals surface area contributed by atoms with Gasteiger partial charge >= 0.3 is 0 Å². The molecule has 0 spiro atoms. The first-order valence-electron chi connectivity index (χ1n) is 5.45. The quantitative estimate of drug-likeness (QED) is 0.662. The van der Waals surface area contributed by atoms with Gasteiger partial charge in [-0.3, -0.25) is 0 Å².